The van der Waals surface area contributed by atoms with Gasteiger partial charge in [-0.25, -0.2) is 0 Å². The number of Topliss-reactive ketones (excluding diaryl/α,β-unsaturated/α-hetero) is 1. The molecule has 0 aliphatic rings. The van der Waals surface area contributed by atoms with Gasteiger partial charge in [-0.2, -0.15) is 5.10 Å². The predicted molar refractivity (Wildman–Crippen MR) is 79.2 cm³/mol. The molecule has 4 heteroatoms. The summed E-state index contributed by atoms with van der Waals surface area (Å²) in [4.78, 5) is 11.6. The van der Waals surface area contributed by atoms with Crippen LogP contribution in [0.25, 0.3) is 11.3 Å². The Balaban J connectivity index is 2.59. The van der Waals surface area contributed by atoms with Gasteiger partial charge >= 0.3 is 0 Å². The smallest absolute Gasteiger partial charge is 0.159 e. The van der Waals surface area contributed by atoms with Gasteiger partial charge < -0.3 is 4.74 Å². The Morgan fingerprint density at radius 2 is 2.10 bits per heavy atom. The van der Waals surface area contributed by atoms with Crippen LogP contribution in [-0.2, 0) is 0 Å². The van der Waals surface area contributed by atoms with Crippen molar-refractivity contribution in [3.63, 3.8) is 0 Å². The molecule has 0 aliphatic heterocycles. The maximum absolute atomic E-state index is 11.6. The van der Waals surface area contributed by atoms with E-state index in [1.165, 1.54) is 0 Å². The van der Waals surface area contributed by atoms with E-state index in [-0.39, 0.29) is 11.8 Å². The van der Waals surface area contributed by atoms with Crippen molar-refractivity contribution in [1.29, 1.82) is 0 Å². The van der Waals surface area contributed by atoms with Crippen LogP contribution in [0.3, 0.4) is 0 Å². The van der Waals surface area contributed by atoms with Crippen molar-refractivity contribution in [2.45, 2.75) is 33.7 Å². The highest BCUT2D eigenvalue weighted by molar-refractivity contribution is 5.95. The number of carbonyl (C=O) groups excluding carboxylic acids is 1. The van der Waals surface area contributed by atoms with E-state index in [0.717, 1.165) is 17.0 Å². The minimum Gasteiger partial charge on any atom is -0.493 e. The molecule has 0 spiro atoms. The minimum atomic E-state index is 0.0462. The molecule has 1 aromatic heterocycles. The number of benzene rings is 1. The topological polar surface area (TPSA) is 44.1 Å². The standard InChI is InChI=1S/C16H20N2O2/c1-5-20-16-7-6-13(12(4)19)10-14(16)15-8-9-17-18(15)11(2)3/h6-11H,5H2,1-4H3. The average molecular weight is 272 g/mol. The molecular formula is C16H20N2O2. The Bertz CT molecular complexity index is 615. The number of aromatic nitrogens is 2. The zero-order valence-electron chi connectivity index (χ0n) is 12.4. The van der Waals surface area contributed by atoms with E-state index >= 15 is 0 Å². The van der Waals surface area contributed by atoms with Crippen LogP contribution in [0.15, 0.2) is 30.5 Å². The third-order valence-corrected chi connectivity index (χ3v) is 3.12. The zero-order valence-corrected chi connectivity index (χ0v) is 12.4. The van der Waals surface area contributed by atoms with Gasteiger partial charge in [-0.05, 0) is 52.0 Å². The Morgan fingerprint density at radius 3 is 2.70 bits per heavy atom. The second-order valence-electron chi connectivity index (χ2n) is 4.95. The van der Waals surface area contributed by atoms with E-state index < -0.39 is 0 Å². The normalized spacial score (nSPS) is 10.8. The van der Waals surface area contributed by atoms with Gasteiger partial charge in [0, 0.05) is 23.4 Å². The molecule has 0 saturated carbocycles. The molecule has 0 bridgehead atoms. The largest absolute Gasteiger partial charge is 0.493 e. The lowest BCUT2D eigenvalue weighted by Gasteiger charge is -2.15. The lowest BCUT2D eigenvalue weighted by molar-refractivity contribution is 0.101. The highest BCUT2D eigenvalue weighted by Gasteiger charge is 2.15. The van der Waals surface area contributed by atoms with E-state index in [1.54, 1.807) is 19.2 Å². The summed E-state index contributed by atoms with van der Waals surface area (Å²) in [5.41, 5.74) is 2.55. The fraction of sp³-hybridized carbons (Fsp3) is 0.375. The van der Waals surface area contributed by atoms with Crippen LogP contribution in [0.2, 0.25) is 0 Å². The first-order chi connectivity index (χ1) is 9.54. The number of nitrogens with zero attached hydrogens (tertiary/aromatic N) is 2. The summed E-state index contributed by atoms with van der Waals surface area (Å²) in [5.74, 6) is 0.824. The van der Waals surface area contributed by atoms with Crippen LogP contribution in [-0.4, -0.2) is 22.2 Å². The van der Waals surface area contributed by atoms with E-state index in [0.29, 0.717) is 12.2 Å². The van der Waals surface area contributed by atoms with Gasteiger partial charge in [-0.15, -0.1) is 0 Å². The fourth-order valence-corrected chi connectivity index (χ4v) is 2.17. The molecule has 2 aromatic rings. The van der Waals surface area contributed by atoms with E-state index in [2.05, 4.69) is 18.9 Å². The lowest BCUT2D eigenvalue weighted by Crippen LogP contribution is -2.06. The first kappa shape index (κ1) is 14.3. The Kier molecular flexibility index (Phi) is 4.23. The number of rotatable bonds is 5. The van der Waals surface area contributed by atoms with Crippen molar-refractivity contribution in [1.82, 2.24) is 9.78 Å². The second-order valence-corrected chi connectivity index (χ2v) is 4.95. The summed E-state index contributed by atoms with van der Waals surface area (Å²) in [6, 6.07) is 7.72. The molecule has 1 heterocycles. The van der Waals surface area contributed by atoms with Crippen LogP contribution in [0.5, 0.6) is 5.75 Å². The van der Waals surface area contributed by atoms with Crippen LogP contribution in [0, 0.1) is 0 Å². The third-order valence-electron chi connectivity index (χ3n) is 3.12. The number of ether oxygens (including phenoxy) is 1. The van der Waals surface area contributed by atoms with Gasteiger partial charge in [-0.3, -0.25) is 9.48 Å². The Labute approximate surface area is 119 Å². The number of hydrogen-bond donors (Lipinski definition) is 0. The molecule has 0 N–H and O–H groups in total. The molecular weight excluding hydrogens is 252 g/mol. The number of ketones is 1. The molecule has 1 aromatic carbocycles. The summed E-state index contributed by atoms with van der Waals surface area (Å²) in [7, 11) is 0. The van der Waals surface area contributed by atoms with Gasteiger partial charge in [0.15, 0.2) is 5.78 Å². The Hall–Kier alpha value is -2.10. The van der Waals surface area contributed by atoms with Crippen LogP contribution >= 0.6 is 0 Å². The zero-order chi connectivity index (χ0) is 14.7. The van der Waals surface area contributed by atoms with Gasteiger partial charge in [0.25, 0.3) is 0 Å². The summed E-state index contributed by atoms with van der Waals surface area (Å²) >= 11 is 0. The van der Waals surface area contributed by atoms with Crippen LogP contribution < -0.4 is 4.74 Å². The first-order valence-corrected chi connectivity index (χ1v) is 6.86. The summed E-state index contributed by atoms with van der Waals surface area (Å²) in [6.07, 6.45) is 1.77. The molecule has 0 saturated heterocycles. The third kappa shape index (κ3) is 2.74. The molecule has 0 amide bonds. The fourth-order valence-electron chi connectivity index (χ4n) is 2.17. The van der Waals surface area contributed by atoms with Crippen molar-refractivity contribution in [2.75, 3.05) is 6.61 Å². The van der Waals surface area contributed by atoms with Crippen LogP contribution in [0.4, 0.5) is 0 Å². The molecule has 20 heavy (non-hydrogen) atoms. The maximum Gasteiger partial charge on any atom is 0.159 e. The summed E-state index contributed by atoms with van der Waals surface area (Å²) in [6.45, 7) is 8.25. The molecule has 106 valence electrons. The minimum absolute atomic E-state index is 0.0462. The monoisotopic (exact) mass is 272 g/mol. The van der Waals surface area contributed by atoms with Crippen molar-refractivity contribution >= 4 is 5.78 Å². The van der Waals surface area contributed by atoms with Gasteiger partial charge in [-0.1, -0.05) is 0 Å². The van der Waals surface area contributed by atoms with Gasteiger partial charge in [0.05, 0.1) is 12.3 Å². The SMILES string of the molecule is CCOc1ccc(C(C)=O)cc1-c1ccnn1C(C)C. The molecule has 4 nitrogen and oxygen atoms in total. The molecule has 0 fully saturated rings. The van der Waals surface area contributed by atoms with Crippen molar-refractivity contribution in [3.05, 3.63) is 36.0 Å². The van der Waals surface area contributed by atoms with E-state index in [9.17, 15) is 4.79 Å². The van der Waals surface area contributed by atoms with Crippen molar-refractivity contribution in [3.8, 4) is 17.0 Å². The second kappa shape index (κ2) is 5.90. The van der Waals surface area contributed by atoms with Crippen molar-refractivity contribution < 1.29 is 9.53 Å². The summed E-state index contributed by atoms with van der Waals surface area (Å²) in [5, 5.41) is 4.34. The van der Waals surface area contributed by atoms with Gasteiger partial charge in [0.2, 0.25) is 0 Å². The highest BCUT2D eigenvalue weighted by atomic mass is 16.5. The number of carbonyl (C=O) groups is 1. The van der Waals surface area contributed by atoms with Gasteiger partial charge in [0.1, 0.15) is 5.75 Å². The van der Waals surface area contributed by atoms with Crippen molar-refractivity contribution in [2.24, 2.45) is 0 Å². The van der Waals surface area contributed by atoms with Crippen LogP contribution in [0.1, 0.15) is 44.1 Å². The highest BCUT2D eigenvalue weighted by Crippen LogP contribution is 2.32. The molecule has 0 atom stereocenters. The van der Waals surface area contributed by atoms with E-state index in [4.69, 9.17) is 4.74 Å². The number of hydrogen-bond acceptors (Lipinski definition) is 3. The molecule has 2 rings (SSSR count). The molecule has 0 radical (unpaired) electrons. The average Bonchev–Trinajstić information content (AvgIpc) is 2.88. The summed E-state index contributed by atoms with van der Waals surface area (Å²) < 4.78 is 7.61. The molecule has 0 unspecified atom stereocenters. The molecule has 0 aliphatic carbocycles. The maximum atomic E-state index is 11.6. The lowest BCUT2D eigenvalue weighted by atomic mass is 10.0. The Morgan fingerprint density at radius 1 is 1.35 bits per heavy atom. The van der Waals surface area contributed by atoms with E-state index in [1.807, 2.05) is 29.8 Å². The predicted octanol–water partition coefficient (Wildman–Crippen LogP) is 3.73. The first-order valence-electron chi connectivity index (χ1n) is 6.86. The quantitative estimate of drug-likeness (QED) is 0.779.